The third kappa shape index (κ3) is 3.11. The molecule has 1 heterocycles. The zero-order chi connectivity index (χ0) is 16.4. The van der Waals surface area contributed by atoms with E-state index in [2.05, 4.69) is 36.3 Å². The summed E-state index contributed by atoms with van der Waals surface area (Å²) in [7, 11) is 1.64. The van der Waals surface area contributed by atoms with Crippen molar-refractivity contribution in [1.82, 2.24) is 5.01 Å². The van der Waals surface area contributed by atoms with E-state index in [0.29, 0.717) is 0 Å². The van der Waals surface area contributed by atoms with Gasteiger partial charge in [0.1, 0.15) is 5.75 Å². The molecule has 0 saturated carbocycles. The van der Waals surface area contributed by atoms with E-state index in [9.17, 15) is 4.79 Å². The number of amides is 1. The minimum atomic E-state index is -0.0605. The van der Waals surface area contributed by atoms with Crippen LogP contribution in [-0.2, 0) is 4.79 Å². The van der Waals surface area contributed by atoms with Gasteiger partial charge in [-0.25, -0.2) is 5.01 Å². The van der Waals surface area contributed by atoms with Crippen LogP contribution in [0.15, 0.2) is 53.6 Å². The maximum atomic E-state index is 12.0. The first-order chi connectivity index (χ1) is 11.1. The van der Waals surface area contributed by atoms with Crippen molar-refractivity contribution in [3.8, 4) is 5.75 Å². The Morgan fingerprint density at radius 2 is 1.78 bits per heavy atom. The van der Waals surface area contributed by atoms with E-state index < -0.39 is 0 Å². The number of carbonyl (C=O) groups excluding carboxylic acids is 1. The van der Waals surface area contributed by atoms with Crippen LogP contribution < -0.4 is 4.74 Å². The zero-order valence-electron chi connectivity index (χ0n) is 13.6. The molecule has 1 aliphatic heterocycles. The molecule has 0 fully saturated rings. The van der Waals surface area contributed by atoms with E-state index in [1.807, 2.05) is 24.3 Å². The molecular formula is C19H20N2O2. The molecular weight excluding hydrogens is 288 g/mol. The highest BCUT2D eigenvalue weighted by molar-refractivity contribution is 6.03. The van der Waals surface area contributed by atoms with E-state index in [1.165, 1.54) is 5.56 Å². The highest BCUT2D eigenvalue weighted by atomic mass is 16.5. The molecule has 0 aliphatic carbocycles. The molecule has 4 heteroatoms. The fourth-order valence-electron chi connectivity index (χ4n) is 2.81. The minimum Gasteiger partial charge on any atom is -0.497 e. The fraction of sp³-hybridized carbons (Fsp3) is 0.263. The quantitative estimate of drug-likeness (QED) is 0.867. The number of rotatable bonds is 3. The van der Waals surface area contributed by atoms with Gasteiger partial charge >= 0.3 is 0 Å². The van der Waals surface area contributed by atoms with Gasteiger partial charge in [-0.2, -0.15) is 5.10 Å². The van der Waals surface area contributed by atoms with Crippen molar-refractivity contribution in [3.63, 3.8) is 0 Å². The summed E-state index contributed by atoms with van der Waals surface area (Å²) < 4.78 is 5.20. The molecule has 0 radical (unpaired) electrons. The van der Waals surface area contributed by atoms with Gasteiger partial charge in [-0.15, -0.1) is 0 Å². The van der Waals surface area contributed by atoms with Gasteiger partial charge in [-0.3, -0.25) is 4.79 Å². The molecule has 2 aromatic rings. The van der Waals surface area contributed by atoms with E-state index in [-0.39, 0.29) is 11.9 Å². The van der Waals surface area contributed by atoms with Crippen LogP contribution in [0.3, 0.4) is 0 Å². The zero-order valence-corrected chi connectivity index (χ0v) is 13.6. The second-order valence-electron chi connectivity index (χ2n) is 5.77. The summed E-state index contributed by atoms with van der Waals surface area (Å²) in [6.45, 7) is 3.61. The third-order valence-electron chi connectivity index (χ3n) is 4.12. The van der Waals surface area contributed by atoms with Crippen molar-refractivity contribution < 1.29 is 9.53 Å². The molecule has 0 saturated heterocycles. The Balaban J connectivity index is 1.90. The molecule has 1 amide bonds. The van der Waals surface area contributed by atoms with Gasteiger partial charge in [-0.05, 0) is 30.2 Å². The number of benzene rings is 2. The molecule has 1 unspecified atom stereocenters. The Bertz CT molecular complexity index is 733. The average molecular weight is 308 g/mol. The van der Waals surface area contributed by atoms with Gasteiger partial charge in [0.15, 0.2) is 0 Å². The third-order valence-corrected chi connectivity index (χ3v) is 4.12. The van der Waals surface area contributed by atoms with Gasteiger partial charge in [0.2, 0.25) is 5.91 Å². The maximum absolute atomic E-state index is 12.0. The van der Waals surface area contributed by atoms with Crippen molar-refractivity contribution >= 4 is 11.6 Å². The van der Waals surface area contributed by atoms with E-state index >= 15 is 0 Å². The number of ether oxygens (including phenoxy) is 1. The molecule has 3 rings (SSSR count). The Morgan fingerprint density at radius 3 is 2.35 bits per heavy atom. The topological polar surface area (TPSA) is 41.9 Å². The molecule has 118 valence electrons. The summed E-state index contributed by atoms with van der Waals surface area (Å²) >= 11 is 0. The Labute approximate surface area is 136 Å². The average Bonchev–Trinajstić information content (AvgIpc) is 3.01. The lowest BCUT2D eigenvalue weighted by molar-refractivity contribution is -0.130. The smallest absolute Gasteiger partial charge is 0.240 e. The van der Waals surface area contributed by atoms with E-state index in [0.717, 1.165) is 29.0 Å². The Morgan fingerprint density at radius 1 is 1.13 bits per heavy atom. The highest BCUT2D eigenvalue weighted by Gasteiger charge is 2.31. The molecule has 23 heavy (non-hydrogen) atoms. The number of aryl methyl sites for hydroxylation is 1. The summed E-state index contributed by atoms with van der Waals surface area (Å²) in [5.74, 6) is 0.758. The predicted molar refractivity (Wildman–Crippen MR) is 90.6 cm³/mol. The monoisotopic (exact) mass is 308 g/mol. The van der Waals surface area contributed by atoms with Gasteiger partial charge in [0.25, 0.3) is 0 Å². The summed E-state index contributed by atoms with van der Waals surface area (Å²) in [4.78, 5) is 12.0. The SMILES string of the molecule is COc1ccc(C2CC(c3ccc(C)cc3)=NN2C(C)=O)cc1. The van der Waals surface area contributed by atoms with Gasteiger partial charge in [-0.1, -0.05) is 42.0 Å². The summed E-state index contributed by atoms with van der Waals surface area (Å²) in [5, 5.41) is 6.14. The number of nitrogens with zero attached hydrogens (tertiary/aromatic N) is 2. The molecule has 1 atom stereocenters. The van der Waals surface area contributed by atoms with Crippen LogP contribution in [0.2, 0.25) is 0 Å². The highest BCUT2D eigenvalue weighted by Crippen LogP contribution is 2.33. The number of hydrogen-bond acceptors (Lipinski definition) is 3. The lowest BCUT2D eigenvalue weighted by Gasteiger charge is -2.20. The summed E-state index contributed by atoms with van der Waals surface area (Å²) in [6.07, 6.45) is 0.717. The first-order valence-corrected chi connectivity index (χ1v) is 7.67. The molecule has 4 nitrogen and oxygen atoms in total. The second kappa shape index (κ2) is 6.24. The number of hydrogen-bond donors (Lipinski definition) is 0. The largest absolute Gasteiger partial charge is 0.497 e. The lowest BCUT2D eigenvalue weighted by atomic mass is 9.98. The van der Waals surface area contributed by atoms with Crippen molar-refractivity contribution in [2.24, 2.45) is 5.10 Å². The van der Waals surface area contributed by atoms with Crippen LogP contribution >= 0.6 is 0 Å². The maximum Gasteiger partial charge on any atom is 0.240 e. The molecule has 0 aromatic heterocycles. The van der Waals surface area contributed by atoms with Crippen LogP contribution in [0.5, 0.6) is 5.75 Å². The standard InChI is InChI=1S/C19H20N2O2/c1-13-4-6-15(7-5-13)18-12-19(21(20-18)14(2)22)16-8-10-17(23-3)11-9-16/h4-11,19H,12H2,1-3H3. The van der Waals surface area contributed by atoms with Crippen molar-refractivity contribution in [2.75, 3.05) is 7.11 Å². The molecule has 0 bridgehead atoms. The lowest BCUT2D eigenvalue weighted by Crippen LogP contribution is -2.24. The molecule has 2 aromatic carbocycles. The normalized spacial score (nSPS) is 17.1. The van der Waals surface area contributed by atoms with Crippen LogP contribution in [-0.4, -0.2) is 23.7 Å². The van der Waals surface area contributed by atoms with Crippen molar-refractivity contribution in [1.29, 1.82) is 0 Å². The number of hydrazone groups is 1. The number of carbonyl (C=O) groups is 1. The summed E-state index contributed by atoms with van der Waals surface area (Å²) in [6, 6.07) is 16.0. The first kappa shape index (κ1) is 15.3. The van der Waals surface area contributed by atoms with Crippen molar-refractivity contribution in [2.45, 2.75) is 26.3 Å². The van der Waals surface area contributed by atoms with Gasteiger partial charge in [0.05, 0.1) is 18.9 Å². The van der Waals surface area contributed by atoms with Crippen LogP contribution in [0.4, 0.5) is 0 Å². The van der Waals surface area contributed by atoms with E-state index in [4.69, 9.17) is 4.74 Å². The Hall–Kier alpha value is -2.62. The minimum absolute atomic E-state index is 0.0482. The molecule has 0 spiro atoms. The van der Waals surface area contributed by atoms with Gasteiger partial charge in [0, 0.05) is 13.3 Å². The predicted octanol–water partition coefficient (Wildman–Crippen LogP) is 3.70. The number of methoxy groups -OCH3 is 1. The van der Waals surface area contributed by atoms with Crippen LogP contribution in [0.25, 0.3) is 0 Å². The van der Waals surface area contributed by atoms with Crippen LogP contribution in [0.1, 0.15) is 36.1 Å². The van der Waals surface area contributed by atoms with Crippen molar-refractivity contribution in [3.05, 3.63) is 65.2 Å². The first-order valence-electron chi connectivity index (χ1n) is 7.67. The summed E-state index contributed by atoms with van der Waals surface area (Å²) in [5.41, 5.74) is 4.29. The van der Waals surface area contributed by atoms with E-state index in [1.54, 1.807) is 19.0 Å². The second-order valence-corrected chi connectivity index (χ2v) is 5.77. The molecule has 1 aliphatic rings. The fourth-order valence-corrected chi connectivity index (χ4v) is 2.81. The molecule has 0 N–H and O–H groups in total. The van der Waals surface area contributed by atoms with Gasteiger partial charge < -0.3 is 4.74 Å². The van der Waals surface area contributed by atoms with Crippen LogP contribution in [0, 0.1) is 6.92 Å². The Kier molecular flexibility index (Phi) is 4.15.